The molecular weight excluding hydrogens is 144 g/mol. The Morgan fingerprint density at radius 3 is 3.00 bits per heavy atom. The predicted octanol–water partition coefficient (Wildman–Crippen LogP) is 2.99. The lowest BCUT2D eigenvalue weighted by atomic mass is 9.85. The van der Waals surface area contributed by atoms with Crippen LogP contribution in [0.1, 0.15) is 12.8 Å². The summed E-state index contributed by atoms with van der Waals surface area (Å²) in [5.41, 5.74) is 0. The standard InChI is InChI=1S/C9H13Cl/c1-2-8-5-3-4-6-9(8)7-10/h2-3,5,8-9H,1,4,6-7H2. The fraction of sp³-hybridized carbons (Fsp3) is 0.556. The highest BCUT2D eigenvalue weighted by Crippen LogP contribution is 2.26. The van der Waals surface area contributed by atoms with Gasteiger partial charge in [-0.2, -0.15) is 0 Å². The molecule has 0 aliphatic heterocycles. The molecule has 10 heavy (non-hydrogen) atoms. The Morgan fingerprint density at radius 2 is 2.50 bits per heavy atom. The van der Waals surface area contributed by atoms with Gasteiger partial charge in [-0.3, -0.25) is 0 Å². The van der Waals surface area contributed by atoms with Gasteiger partial charge in [0.15, 0.2) is 0 Å². The van der Waals surface area contributed by atoms with E-state index in [0.29, 0.717) is 11.8 Å². The van der Waals surface area contributed by atoms with Gasteiger partial charge in [-0.25, -0.2) is 0 Å². The number of hydrogen-bond acceptors (Lipinski definition) is 0. The highest BCUT2D eigenvalue weighted by Gasteiger charge is 2.16. The van der Waals surface area contributed by atoms with Gasteiger partial charge in [0.2, 0.25) is 0 Å². The molecule has 0 amide bonds. The van der Waals surface area contributed by atoms with Crippen LogP contribution in [0.4, 0.5) is 0 Å². The molecule has 0 spiro atoms. The lowest BCUT2D eigenvalue weighted by molar-refractivity contribution is 0.452. The average Bonchev–Trinajstić information content (AvgIpc) is 2.04. The second kappa shape index (κ2) is 3.82. The van der Waals surface area contributed by atoms with Gasteiger partial charge in [-0.05, 0) is 24.7 Å². The first-order valence-corrected chi connectivity index (χ1v) is 4.27. The summed E-state index contributed by atoms with van der Waals surface area (Å²) in [6.07, 6.45) is 8.82. The number of hydrogen-bond donors (Lipinski definition) is 0. The number of rotatable bonds is 2. The van der Waals surface area contributed by atoms with Crippen LogP contribution in [0.5, 0.6) is 0 Å². The van der Waals surface area contributed by atoms with E-state index in [2.05, 4.69) is 18.7 Å². The van der Waals surface area contributed by atoms with E-state index >= 15 is 0 Å². The van der Waals surface area contributed by atoms with Crippen molar-refractivity contribution in [3.05, 3.63) is 24.8 Å². The molecule has 0 aromatic carbocycles. The molecule has 1 aliphatic rings. The molecule has 1 heteroatoms. The van der Waals surface area contributed by atoms with Crippen molar-refractivity contribution >= 4 is 11.6 Å². The van der Waals surface area contributed by atoms with Crippen LogP contribution in [-0.2, 0) is 0 Å². The van der Waals surface area contributed by atoms with E-state index in [4.69, 9.17) is 11.6 Å². The van der Waals surface area contributed by atoms with Gasteiger partial charge in [0.05, 0.1) is 0 Å². The maximum atomic E-state index is 5.77. The van der Waals surface area contributed by atoms with Gasteiger partial charge < -0.3 is 0 Å². The maximum Gasteiger partial charge on any atom is 0.0260 e. The summed E-state index contributed by atoms with van der Waals surface area (Å²) in [4.78, 5) is 0. The number of allylic oxidation sites excluding steroid dienone is 3. The largest absolute Gasteiger partial charge is 0.126 e. The van der Waals surface area contributed by atoms with Gasteiger partial charge in [-0.1, -0.05) is 18.2 Å². The van der Waals surface area contributed by atoms with Crippen LogP contribution in [-0.4, -0.2) is 5.88 Å². The van der Waals surface area contributed by atoms with Gasteiger partial charge in [0.1, 0.15) is 0 Å². The Hall–Kier alpha value is -0.230. The molecule has 0 bridgehead atoms. The summed E-state index contributed by atoms with van der Waals surface area (Å²) in [7, 11) is 0. The first-order chi connectivity index (χ1) is 4.88. The molecule has 2 unspecified atom stereocenters. The number of halogens is 1. The predicted molar refractivity (Wildman–Crippen MR) is 46.3 cm³/mol. The Labute approximate surface area is 67.6 Å². The smallest absolute Gasteiger partial charge is 0.0260 e. The van der Waals surface area contributed by atoms with Crippen molar-refractivity contribution in [3.8, 4) is 0 Å². The van der Waals surface area contributed by atoms with Crippen molar-refractivity contribution in [1.29, 1.82) is 0 Å². The van der Waals surface area contributed by atoms with Crippen molar-refractivity contribution in [1.82, 2.24) is 0 Å². The maximum absolute atomic E-state index is 5.77. The second-order valence-electron chi connectivity index (χ2n) is 2.73. The van der Waals surface area contributed by atoms with Crippen LogP contribution in [0.15, 0.2) is 24.8 Å². The monoisotopic (exact) mass is 156 g/mol. The SMILES string of the molecule is C=CC1C=CCCC1CCl. The third-order valence-electron chi connectivity index (χ3n) is 2.08. The van der Waals surface area contributed by atoms with Gasteiger partial charge in [-0.15, -0.1) is 18.2 Å². The molecule has 0 fully saturated rings. The van der Waals surface area contributed by atoms with Crippen LogP contribution >= 0.6 is 11.6 Å². The van der Waals surface area contributed by atoms with Crippen molar-refractivity contribution < 1.29 is 0 Å². The molecule has 0 aromatic heterocycles. The van der Waals surface area contributed by atoms with E-state index in [-0.39, 0.29) is 0 Å². The van der Waals surface area contributed by atoms with Crippen molar-refractivity contribution in [2.75, 3.05) is 5.88 Å². The molecule has 0 saturated carbocycles. The summed E-state index contributed by atoms with van der Waals surface area (Å²) in [5, 5.41) is 0. The zero-order valence-corrected chi connectivity index (χ0v) is 6.85. The molecule has 0 nitrogen and oxygen atoms in total. The van der Waals surface area contributed by atoms with E-state index in [1.54, 1.807) is 0 Å². The van der Waals surface area contributed by atoms with Gasteiger partial charge in [0.25, 0.3) is 0 Å². The number of alkyl halides is 1. The quantitative estimate of drug-likeness (QED) is 0.426. The molecule has 0 saturated heterocycles. The topological polar surface area (TPSA) is 0 Å². The van der Waals surface area contributed by atoms with E-state index in [1.165, 1.54) is 12.8 Å². The van der Waals surface area contributed by atoms with Gasteiger partial charge >= 0.3 is 0 Å². The van der Waals surface area contributed by atoms with Crippen LogP contribution in [0.25, 0.3) is 0 Å². The molecule has 1 rings (SSSR count). The van der Waals surface area contributed by atoms with E-state index in [0.717, 1.165) is 5.88 Å². The molecule has 0 heterocycles. The summed E-state index contributed by atoms with van der Waals surface area (Å²) in [5.74, 6) is 1.91. The molecule has 0 N–H and O–H groups in total. The lowest BCUT2D eigenvalue weighted by Gasteiger charge is -2.22. The Morgan fingerprint density at radius 1 is 1.70 bits per heavy atom. The molecule has 2 atom stereocenters. The zero-order valence-electron chi connectivity index (χ0n) is 6.09. The third kappa shape index (κ3) is 1.63. The minimum Gasteiger partial charge on any atom is -0.126 e. The van der Waals surface area contributed by atoms with E-state index < -0.39 is 0 Å². The normalized spacial score (nSPS) is 32.1. The third-order valence-corrected chi connectivity index (χ3v) is 2.47. The Balaban J connectivity index is 2.55. The summed E-state index contributed by atoms with van der Waals surface area (Å²) in [6.45, 7) is 3.77. The fourth-order valence-corrected chi connectivity index (χ4v) is 1.72. The Bertz CT molecular complexity index is 138. The highest BCUT2D eigenvalue weighted by molar-refractivity contribution is 6.18. The second-order valence-corrected chi connectivity index (χ2v) is 3.04. The summed E-state index contributed by atoms with van der Waals surface area (Å²) < 4.78 is 0. The molecule has 1 aliphatic carbocycles. The first-order valence-electron chi connectivity index (χ1n) is 3.73. The lowest BCUT2D eigenvalue weighted by Crippen LogP contribution is -2.14. The van der Waals surface area contributed by atoms with Crippen molar-refractivity contribution in [2.24, 2.45) is 11.8 Å². The minimum atomic E-state index is 0.520. The summed E-state index contributed by atoms with van der Waals surface area (Å²) >= 11 is 5.77. The highest BCUT2D eigenvalue weighted by atomic mass is 35.5. The minimum absolute atomic E-state index is 0.520. The van der Waals surface area contributed by atoms with Crippen LogP contribution in [0.2, 0.25) is 0 Å². The van der Waals surface area contributed by atoms with Gasteiger partial charge in [0, 0.05) is 5.88 Å². The average molecular weight is 157 g/mol. The molecule has 56 valence electrons. The summed E-state index contributed by atoms with van der Waals surface area (Å²) in [6, 6.07) is 0. The zero-order chi connectivity index (χ0) is 7.40. The van der Waals surface area contributed by atoms with E-state index in [9.17, 15) is 0 Å². The Kier molecular flexibility index (Phi) is 3.01. The molecule has 0 aromatic rings. The fourth-order valence-electron chi connectivity index (χ4n) is 1.36. The van der Waals surface area contributed by atoms with Crippen LogP contribution in [0, 0.1) is 11.8 Å². The first kappa shape index (κ1) is 7.87. The van der Waals surface area contributed by atoms with Crippen LogP contribution in [0.3, 0.4) is 0 Å². The van der Waals surface area contributed by atoms with Crippen molar-refractivity contribution in [3.63, 3.8) is 0 Å². The van der Waals surface area contributed by atoms with Crippen molar-refractivity contribution in [2.45, 2.75) is 12.8 Å². The molecule has 0 radical (unpaired) electrons. The molecular formula is C9H13Cl. The van der Waals surface area contributed by atoms with Crippen LogP contribution < -0.4 is 0 Å². The van der Waals surface area contributed by atoms with E-state index in [1.807, 2.05) is 6.08 Å².